The minimum Gasteiger partial charge on any atom is -0.365 e. The van der Waals surface area contributed by atoms with Gasteiger partial charge in [-0.15, -0.1) is 0 Å². The Morgan fingerprint density at radius 2 is 1.96 bits per heavy atom. The Kier molecular flexibility index (Phi) is 3.52. The fourth-order valence-electron chi connectivity index (χ4n) is 4.58. The second-order valence-electron chi connectivity index (χ2n) is 7.49. The van der Waals surface area contributed by atoms with E-state index in [9.17, 15) is 0 Å². The smallest absolute Gasteiger partial charge is 0.126 e. The largest absolute Gasteiger partial charge is 0.365 e. The maximum Gasteiger partial charge on any atom is 0.126 e. The number of fused-ring (bicyclic) bond motifs is 4. The summed E-state index contributed by atoms with van der Waals surface area (Å²) in [5, 5.41) is 4.94. The third-order valence-electron chi connectivity index (χ3n) is 6.10. The first-order chi connectivity index (χ1) is 12.3. The summed E-state index contributed by atoms with van der Waals surface area (Å²) in [6.45, 7) is 4.87. The first-order valence-corrected chi connectivity index (χ1v) is 9.33. The van der Waals surface area contributed by atoms with E-state index in [0.717, 1.165) is 23.0 Å². The number of rotatable bonds is 3. The first kappa shape index (κ1) is 15.0. The molecule has 4 nitrogen and oxygen atoms in total. The van der Waals surface area contributed by atoms with Crippen molar-refractivity contribution in [3.8, 4) is 11.3 Å². The number of piperidine rings is 3. The van der Waals surface area contributed by atoms with Crippen LogP contribution in [0.5, 0.6) is 0 Å². The highest BCUT2D eigenvalue weighted by Gasteiger charge is 2.39. The number of para-hydroxylation sites is 1. The van der Waals surface area contributed by atoms with Gasteiger partial charge in [-0.05, 0) is 63.0 Å². The Balaban J connectivity index is 1.36. The molecule has 5 heterocycles. The van der Waals surface area contributed by atoms with E-state index in [1.165, 1.54) is 36.8 Å². The van der Waals surface area contributed by atoms with E-state index >= 15 is 0 Å². The Morgan fingerprint density at radius 3 is 2.68 bits per heavy atom. The number of nitrogens with zero attached hydrogens (tertiary/aromatic N) is 2. The summed E-state index contributed by atoms with van der Waals surface area (Å²) in [4.78, 5) is 10.8. The number of H-pyrrole nitrogens is 1. The second kappa shape index (κ2) is 5.88. The van der Waals surface area contributed by atoms with Gasteiger partial charge in [-0.1, -0.05) is 18.2 Å². The molecule has 0 radical (unpaired) electrons. The maximum atomic E-state index is 4.69. The van der Waals surface area contributed by atoms with Crippen LogP contribution in [-0.4, -0.2) is 40.0 Å². The average molecular weight is 332 g/mol. The Labute approximate surface area is 148 Å². The van der Waals surface area contributed by atoms with Gasteiger partial charge in [-0.3, -0.25) is 4.90 Å². The number of aromatic amines is 1. The molecule has 3 saturated heterocycles. The van der Waals surface area contributed by atoms with Crippen LogP contribution in [0, 0.1) is 5.92 Å². The molecule has 4 heteroatoms. The molecule has 0 amide bonds. The molecule has 3 fully saturated rings. The standard InChI is InChI=1S/C21H24N4/c1-14-21(15-8-10-25(14)11-9-15)24-20-7-6-17(13-22-20)19-12-16-4-2-3-5-18(16)23-19/h2-7,12-15,21,23H,8-11H2,1H3,(H,22,24)/t14-,21+/m1/s1. The van der Waals surface area contributed by atoms with Crippen molar-refractivity contribution in [3.63, 3.8) is 0 Å². The highest BCUT2D eigenvalue weighted by Crippen LogP contribution is 2.34. The molecule has 128 valence electrons. The van der Waals surface area contributed by atoms with Crippen molar-refractivity contribution in [1.82, 2.24) is 14.9 Å². The van der Waals surface area contributed by atoms with E-state index in [2.05, 4.69) is 69.6 Å². The number of nitrogens with one attached hydrogen (secondary N) is 2. The lowest BCUT2D eigenvalue weighted by Gasteiger charge is -2.50. The molecular weight excluding hydrogens is 308 g/mol. The molecular formula is C21H24N4. The molecule has 3 aliphatic heterocycles. The van der Waals surface area contributed by atoms with Crippen molar-refractivity contribution in [3.05, 3.63) is 48.7 Å². The molecule has 2 bridgehead atoms. The fraction of sp³-hybridized carbons (Fsp3) is 0.381. The van der Waals surface area contributed by atoms with Crippen molar-refractivity contribution in [2.24, 2.45) is 5.92 Å². The van der Waals surface area contributed by atoms with E-state index < -0.39 is 0 Å². The third kappa shape index (κ3) is 2.61. The monoisotopic (exact) mass is 332 g/mol. The summed E-state index contributed by atoms with van der Waals surface area (Å²) >= 11 is 0. The predicted molar refractivity (Wildman–Crippen MR) is 103 cm³/mol. The summed E-state index contributed by atoms with van der Waals surface area (Å²) in [5.74, 6) is 1.78. The van der Waals surface area contributed by atoms with Crippen molar-refractivity contribution >= 4 is 16.7 Å². The number of hydrogen-bond acceptors (Lipinski definition) is 3. The van der Waals surface area contributed by atoms with Gasteiger partial charge in [0.05, 0.1) is 0 Å². The molecule has 0 spiro atoms. The van der Waals surface area contributed by atoms with Gasteiger partial charge in [0.2, 0.25) is 0 Å². The van der Waals surface area contributed by atoms with Crippen LogP contribution in [0.3, 0.4) is 0 Å². The molecule has 0 unspecified atom stereocenters. The Morgan fingerprint density at radius 1 is 1.12 bits per heavy atom. The van der Waals surface area contributed by atoms with Gasteiger partial charge in [0, 0.05) is 40.4 Å². The summed E-state index contributed by atoms with van der Waals surface area (Å²) in [7, 11) is 0. The van der Waals surface area contributed by atoms with E-state index in [4.69, 9.17) is 0 Å². The Hall–Kier alpha value is -2.33. The zero-order chi connectivity index (χ0) is 16.8. The van der Waals surface area contributed by atoms with Gasteiger partial charge in [0.15, 0.2) is 0 Å². The average Bonchev–Trinajstić information content (AvgIpc) is 3.10. The van der Waals surface area contributed by atoms with Gasteiger partial charge in [0.25, 0.3) is 0 Å². The minimum absolute atomic E-state index is 0.522. The highest BCUT2D eigenvalue weighted by molar-refractivity contribution is 5.85. The predicted octanol–water partition coefficient (Wildman–Crippen LogP) is 4.12. The second-order valence-corrected chi connectivity index (χ2v) is 7.49. The molecule has 3 aromatic rings. The molecule has 3 aliphatic rings. The van der Waals surface area contributed by atoms with Crippen LogP contribution in [0.4, 0.5) is 5.82 Å². The summed E-state index contributed by atoms with van der Waals surface area (Å²) in [6.07, 6.45) is 4.60. The van der Waals surface area contributed by atoms with Crippen LogP contribution in [0.15, 0.2) is 48.7 Å². The van der Waals surface area contributed by atoms with E-state index in [0.29, 0.717) is 12.1 Å². The van der Waals surface area contributed by atoms with Crippen LogP contribution < -0.4 is 5.32 Å². The first-order valence-electron chi connectivity index (χ1n) is 9.33. The highest BCUT2D eigenvalue weighted by atomic mass is 15.2. The van der Waals surface area contributed by atoms with Crippen LogP contribution in [0.1, 0.15) is 19.8 Å². The molecule has 2 aromatic heterocycles. The van der Waals surface area contributed by atoms with Gasteiger partial charge < -0.3 is 10.3 Å². The van der Waals surface area contributed by atoms with E-state index in [1.807, 2.05) is 6.20 Å². The topological polar surface area (TPSA) is 44.0 Å². The number of benzene rings is 1. The summed E-state index contributed by atoms with van der Waals surface area (Å²) in [6, 6.07) is 16.0. The number of anilines is 1. The molecule has 2 N–H and O–H groups in total. The van der Waals surface area contributed by atoms with Crippen LogP contribution in [-0.2, 0) is 0 Å². The molecule has 6 rings (SSSR count). The van der Waals surface area contributed by atoms with Crippen molar-refractivity contribution in [2.45, 2.75) is 31.8 Å². The van der Waals surface area contributed by atoms with Crippen molar-refractivity contribution in [1.29, 1.82) is 0 Å². The van der Waals surface area contributed by atoms with E-state index in [-0.39, 0.29) is 0 Å². The zero-order valence-electron chi connectivity index (χ0n) is 14.6. The lowest BCUT2D eigenvalue weighted by atomic mass is 9.79. The lowest BCUT2D eigenvalue weighted by molar-refractivity contribution is 0.0457. The van der Waals surface area contributed by atoms with Crippen LogP contribution >= 0.6 is 0 Å². The fourth-order valence-corrected chi connectivity index (χ4v) is 4.58. The van der Waals surface area contributed by atoms with Gasteiger partial charge in [-0.25, -0.2) is 4.98 Å². The third-order valence-corrected chi connectivity index (χ3v) is 6.10. The molecule has 0 saturated carbocycles. The van der Waals surface area contributed by atoms with Gasteiger partial charge in [-0.2, -0.15) is 0 Å². The lowest BCUT2D eigenvalue weighted by Crippen LogP contribution is -2.59. The van der Waals surface area contributed by atoms with Gasteiger partial charge >= 0.3 is 0 Å². The normalized spacial score (nSPS) is 28.4. The zero-order valence-corrected chi connectivity index (χ0v) is 14.6. The van der Waals surface area contributed by atoms with E-state index in [1.54, 1.807) is 0 Å². The van der Waals surface area contributed by atoms with Gasteiger partial charge in [0.1, 0.15) is 5.82 Å². The minimum atomic E-state index is 0.522. The SMILES string of the molecule is C[C@@H]1[C@H](Nc2ccc(-c3cc4ccccc4[nH]3)cn2)C2CCN1CC2. The molecule has 2 atom stereocenters. The number of pyridine rings is 1. The Bertz CT molecular complexity index is 839. The summed E-state index contributed by atoms with van der Waals surface area (Å²) in [5.41, 5.74) is 3.42. The summed E-state index contributed by atoms with van der Waals surface area (Å²) < 4.78 is 0. The van der Waals surface area contributed by atoms with Crippen LogP contribution in [0.25, 0.3) is 22.2 Å². The van der Waals surface area contributed by atoms with Crippen molar-refractivity contribution < 1.29 is 0 Å². The maximum absolute atomic E-state index is 4.69. The molecule has 1 aromatic carbocycles. The number of aromatic nitrogens is 2. The molecule has 0 aliphatic carbocycles. The van der Waals surface area contributed by atoms with Crippen LogP contribution in [0.2, 0.25) is 0 Å². The molecule has 25 heavy (non-hydrogen) atoms. The van der Waals surface area contributed by atoms with Crippen molar-refractivity contribution in [2.75, 3.05) is 18.4 Å². The number of hydrogen-bond donors (Lipinski definition) is 2. The quantitative estimate of drug-likeness (QED) is 0.758.